The number of amides is 1. The van der Waals surface area contributed by atoms with Crippen LogP contribution in [0.4, 0.5) is 3.89 Å². The molecule has 3 rings (SSSR count). The van der Waals surface area contributed by atoms with Gasteiger partial charge in [-0.2, -0.15) is 8.42 Å². The quantitative estimate of drug-likeness (QED) is 0.328. The average Bonchev–Trinajstić information content (AvgIpc) is 2.76. The molecule has 0 aliphatic carbocycles. The molecule has 11 heteroatoms. The maximum atomic E-state index is 13.6. The third-order valence-electron chi connectivity index (χ3n) is 4.60. The fourth-order valence-electron chi connectivity index (χ4n) is 2.96. The number of carbonyl (C=O) groups is 1. The normalized spacial score (nSPS) is 11.3. The predicted molar refractivity (Wildman–Crippen MR) is 124 cm³/mol. The molecule has 174 valence electrons. The third kappa shape index (κ3) is 7.57. The van der Waals surface area contributed by atoms with Gasteiger partial charge in [0.1, 0.15) is 10.6 Å². The van der Waals surface area contributed by atoms with E-state index in [1.807, 2.05) is 12.1 Å². The number of hydrogen-bond donors (Lipinski definition) is 1. The molecule has 0 atom stereocenters. The number of rotatable bonds is 9. The maximum absolute atomic E-state index is 13.6. The molecule has 2 aromatic carbocycles. The van der Waals surface area contributed by atoms with Crippen molar-refractivity contribution in [3.8, 4) is 5.75 Å². The zero-order chi connectivity index (χ0) is 24.0. The Bertz CT molecular complexity index is 1250. The van der Waals surface area contributed by atoms with Crippen molar-refractivity contribution in [1.29, 1.82) is 0 Å². The summed E-state index contributed by atoms with van der Waals surface area (Å²) in [5, 5.41) is 3.64. The number of pyridine rings is 1. The summed E-state index contributed by atoms with van der Waals surface area (Å²) >= 11 is 17.5. The first-order valence-electron chi connectivity index (χ1n) is 9.67. The largest absolute Gasteiger partial charge is 0.484 e. The Morgan fingerprint density at radius 2 is 1.73 bits per heavy atom. The second kappa shape index (κ2) is 11.2. The van der Waals surface area contributed by atoms with Crippen LogP contribution in [0.15, 0.2) is 65.8 Å². The minimum absolute atomic E-state index is 0.139. The van der Waals surface area contributed by atoms with Gasteiger partial charge in [-0.1, -0.05) is 34.8 Å². The van der Waals surface area contributed by atoms with Crippen molar-refractivity contribution in [3.05, 3.63) is 87.1 Å². The Hall–Kier alpha value is -2.39. The predicted octanol–water partition coefficient (Wildman–Crippen LogP) is 4.38. The van der Waals surface area contributed by atoms with E-state index in [0.717, 1.165) is 11.6 Å². The van der Waals surface area contributed by atoms with E-state index in [1.54, 1.807) is 29.1 Å². The van der Waals surface area contributed by atoms with E-state index in [0.29, 0.717) is 28.8 Å². The van der Waals surface area contributed by atoms with E-state index in [1.165, 1.54) is 18.2 Å². The van der Waals surface area contributed by atoms with Crippen LogP contribution in [0.25, 0.3) is 0 Å². The topological polar surface area (TPSA) is 76.3 Å². The fourth-order valence-corrected chi connectivity index (χ4v) is 4.19. The van der Waals surface area contributed by atoms with Gasteiger partial charge in [-0.3, -0.25) is 4.79 Å². The molecule has 1 amide bonds. The van der Waals surface area contributed by atoms with Crippen molar-refractivity contribution in [3.63, 3.8) is 0 Å². The van der Waals surface area contributed by atoms with Crippen molar-refractivity contribution in [2.75, 3.05) is 13.2 Å². The molecule has 0 spiro atoms. The highest BCUT2D eigenvalue weighted by Crippen LogP contribution is 2.26. The lowest BCUT2D eigenvalue weighted by Gasteiger charge is -2.08. The first kappa shape index (κ1) is 25.2. The number of hydrogen-bond acceptors (Lipinski definition) is 4. The Kier molecular flexibility index (Phi) is 8.53. The van der Waals surface area contributed by atoms with Gasteiger partial charge < -0.3 is 10.1 Å². The zero-order valence-corrected chi connectivity index (χ0v) is 20.2. The molecule has 33 heavy (non-hydrogen) atoms. The van der Waals surface area contributed by atoms with Crippen molar-refractivity contribution in [2.45, 2.75) is 17.9 Å². The van der Waals surface area contributed by atoms with Crippen molar-refractivity contribution in [2.24, 2.45) is 0 Å². The first-order valence-corrected chi connectivity index (χ1v) is 12.2. The van der Waals surface area contributed by atoms with Gasteiger partial charge in [0.05, 0.1) is 10.0 Å². The first-order chi connectivity index (χ1) is 15.6. The molecule has 0 bridgehead atoms. The van der Waals surface area contributed by atoms with Gasteiger partial charge in [0.2, 0.25) is 0 Å². The van der Waals surface area contributed by atoms with E-state index in [4.69, 9.17) is 39.5 Å². The fraction of sp³-hybridized carbons (Fsp3) is 0.182. The van der Waals surface area contributed by atoms with Gasteiger partial charge in [-0.15, -0.1) is 3.89 Å². The summed E-state index contributed by atoms with van der Waals surface area (Å²) in [5.74, 6) is 0.159. The molecule has 0 saturated heterocycles. The Labute approximate surface area is 206 Å². The van der Waals surface area contributed by atoms with Crippen LogP contribution in [0.3, 0.4) is 0 Å². The van der Waals surface area contributed by atoms with Crippen LogP contribution < -0.4 is 14.6 Å². The molecule has 0 aliphatic heterocycles. The molecule has 1 N–H and O–H groups in total. The number of benzene rings is 2. The summed E-state index contributed by atoms with van der Waals surface area (Å²) in [7, 11) is -4.89. The molecule has 0 unspecified atom stereocenters. The number of carbonyl (C=O) groups excluding carboxylic acids is 1. The lowest BCUT2D eigenvalue weighted by molar-refractivity contribution is -0.688. The number of ether oxygens (including phenoxy) is 1. The number of halogens is 4. The Morgan fingerprint density at radius 3 is 2.39 bits per heavy atom. The summed E-state index contributed by atoms with van der Waals surface area (Å²) in [6.45, 7) is 0.390. The minimum Gasteiger partial charge on any atom is -0.484 e. The SMILES string of the molecule is O=C(COc1ccc(Cl)c(Cl)c1)NCCc1cc[n+](Cc2ccc(Cl)cc2S(=O)(=O)F)cc1. The van der Waals surface area contributed by atoms with E-state index >= 15 is 0 Å². The van der Waals surface area contributed by atoms with Crippen LogP contribution >= 0.6 is 34.8 Å². The molecule has 0 aliphatic rings. The van der Waals surface area contributed by atoms with Crippen molar-refractivity contribution < 1.29 is 26.4 Å². The van der Waals surface area contributed by atoms with E-state index in [9.17, 15) is 17.1 Å². The van der Waals surface area contributed by atoms with Crippen molar-refractivity contribution in [1.82, 2.24) is 5.32 Å². The number of nitrogens with zero attached hydrogens (tertiary/aromatic N) is 1. The van der Waals surface area contributed by atoms with Gasteiger partial charge in [-0.25, -0.2) is 4.57 Å². The van der Waals surface area contributed by atoms with Gasteiger partial charge >= 0.3 is 10.2 Å². The zero-order valence-electron chi connectivity index (χ0n) is 17.1. The van der Waals surface area contributed by atoms with Gasteiger partial charge in [0, 0.05) is 35.3 Å². The van der Waals surface area contributed by atoms with Crippen LogP contribution in [0.5, 0.6) is 5.75 Å². The number of aromatic nitrogens is 1. The second-order valence-electron chi connectivity index (χ2n) is 7.03. The highest BCUT2D eigenvalue weighted by atomic mass is 35.5. The van der Waals surface area contributed by atoms with Gasteiger partial charge in [0.25, 0.3) is 5.91 Å². The lowest BCUT2D eigenvalue weighted by atomic mass is 10.2. The van der Waals surface area contributed by atoms with E-state index in [-0.39, 0.29) is 29.6 Å². The lowest BCUT2D eigenvalue weighted by Crippen LogP contribution is -2.34. The van der Waals surface area contributed by atoms with E-state index < -0.39 is 15.1 Å². The molecule has 1 heterocycles. The van der Waals surface area contributed by atoms with Crippen LogP contribution in [0.2, 0.25) is 15.1 Å². The molecule has 3 aromatic rings. The molecule has 0 radical (unpaired) electrons. The number of nitrogens with one attached hydrogen (secondary N) is 1. The van der Waals surface area contributed by atoms with E-state index in [2.05, 4.69) is 5.32 Å². The molecular weight excluding hydrogens is 514 g/mol. The molecule has 0 fully saturated rings. The summed E-state index contributed by atoms with van der Waals surface area (Å²) in [5.41, 5.74) is 1.24. The standard InChI is InChI=1S/C22H18Cl3FN2O4S/c23-17-2-1-16(21(11-17)33(26,30)31)13-28-9-6-15(7-10-28)5-8-27-22(29)14-32-18-3-4-19(24)20(25)12-18/h1-4,6-7,9-12H,5,8,13-14H2/p+1. The average molecular weight is 533 g/mol. The molecule has 1 aromatic heterocycles. The maximum Gasteiger partial charge on any atom is 0.332 e. The highest BCUT2D eigenvalue weighted by Gasteiger charge is 2.20. The van der Waals surface area contributed by atoms with Gasteiger partial charge in [0.15, 0.2) is 25.5 Å². The highest BCUT2D eigenvalue weighted by molar-refractivity contribution is 7.86. The summed E-state index contributed by atoms with van der Waals surface area (Å²) in [6.07, 6.45) is 4.06. The van der Waals surface area contributed by atoms with Crippen molar-refractivity contribution >= 4 is 50.9 Å². The Balaban J connectivity index is 1.49. The summed E-state index contributed by atoms with van der Waals surface area (Å²) in [4.78, 5) is 11.5. The third-order valence-corrected chi connectivity index (χ3v) is 6.48. The second-order valence-corrected chi connectivity index (χ2v) is 9.60. The molecular formula is C22H19Cl3FN2O4S+. The van der Waals surface area contributed by atoms with Crippen LogP contribution in [0, 0.1) is 0 Å². The smallest absolute Gasteiger partial charge is 0.332 e. The van der Waals surface area contributed by atoms with Gasteiger partial charge in [-0.05, 0) is 42.3 Å². The summed E-state index contributed by atoms with van der Waals surface area (Å²) < 4.78 is 43.4. The van der Waals surface area contributed by atoms with Crippen LogP contribution in [0.1, 0.15) is 11.1 Å². The summed E-state index contributed by atoms with van der Waals surface area (Å²) in [6, 6.07) is 12.5. The Morgan fingerprint density at radius 1 is 1.00 bits per heavy atom. The minimum atomic E-state index is -4.89. The molecule has 6 nitrogen and oxygen atoms in total. The molecule has 0 saturated carbocycles. The van der Waals surface area contributed by atoms with Crippen LogP contribution in [-0.4, -0.2) is 27.5 Å². The van der Waals surface area contributed by atoms with Crippen LogP contribution in [-0.2, 0) is 28.0 Å². The monoisotopic (exact) mass is 531 g/mol.